The predicted octanol–water partition coefficient (Wildman–Crippen LogP) is 2.93. The van der Waals surface area contributed by atoms with Crippen molar-refractivity contribution in [2.45, 2.75) is 18.9 Å². The van der Waals surface area contributed by atoms with Crippen LogP contribution in [0.5, 0.6) is 0 Å². The number of rotatable bonds is 7. The Labute approximate surface area is 137 Å². The van der Waals surface area contributed by atoms with Gasteiger partial charge in [0.1, 0.15) is 0 Å². The molecule has 0 saturated carbocycles. The van der Waals surface area contributed by atoms with Gasteiger partial charge in [-0.05, 0) is 43.0 Å². The van der Waals surface area contributed by atoms with E-state index in [0.29, 0.717) is 6.04 Å². The molecule has 2 N–H and O–H groups in total. The molecule has 2 rings (SSSR count). The molecule has 1 heterocycles. The fraction of sp³-hybridized carbons (Fsp3) is 0.625. The number of hydrogen-bond donors (Lipinski definition) is 1. The predicted molar refractivity (Wildman–Crippen MR) is 95.7 cm³/mol. The molecule has 5 heteroatoms. The monoisotopic (exact) mass is 327 g/mol. The summed E-state index contributed by atoms with van der Waals surface area (Å²) in [7, 11) is 0. The lowest BCUT2D eigenvalue weighted by molar-refractivity contribution is 0.180. The summed E-state index contributed by atoms with van der Waals surface area (Å²) in [6.45, 7) is 5.06. The Morgan fingerprint density at radius 3 is 2.67 bits per heavy atom. The summed E-state index contributed by atoms with van der Waals surface area (Å²) in [4.78, 5) is 4.97. The molecule has 0 bridgehead atoms. The molecule has 1 unspecified atom stereocenters. The van der Waals surface area contributed by atoms with E-state index in [0.717, 1.165) is 37.7 Å². The van der Waals surface area contributed by atoms with Crippen molar-refractivity contribution >= 4 is 29.1 Å². The van der Waals surface area contributed by atoms with Gasteiger partial charge in [0.25, 0.3) is 0 Å². The van der Waals surface area contributed by atoms with Crippen molar-refractivity contribution in [3.63, 3.8) is 0 Å². The highest BCUT2D eigenvalue weighted by atomic mass is 35.5. The highest BCUT2D eigenvalue weighted by Crippen LogP contribution is 2.21. The Balaban J connectivity index is 1.84. The Morgan fingerprint density at radius 2 is 2.05 bits per heavy atom. The molecule has 118 valence electrons. The summed E-state index contributed by atoms with van der Waals surface area (Å²) in [6.07, 6.45) is 4.65. The van der Waals surface area contributed by atoms with Crippen molar-refractivity contribution in [2.24, 2.45) is 5.73 Å². The Kier molecular flexibility index (Phi) is 7.17. The topological polar surface area (TPSA) is 32.5 Å². The van der Waals surface area contributed by atoms with Crippen LogP contribution in [-0.4, -0.2) is 55.7 Å². The molecule has 1 aromatic carbocycles. The first-order valence-electron chi connectivity index (χ1n) is 7.68. The van der Waals surface area contributed by atoms with E-state index in [9.17, 15) is 0 Å². The van der Waals surface area contributed by atoms with Crippen molar-refractivity contribution in [3.05, 3.63) is 29.3 Å². The molecule has 21 heavy (non-hydrogen) atoms. The lowest BCUT2D eigenvalue weighted by Gasteiger charge is -2.40. The van der Waals surface area contributed by atoms with Gasteiger partial charge in [-0.15, -0.1) is 0 Å². The average molecular weight is 328 g/mol. The van der Waals surface area contributed by atoms with Gasteiger partial charge < -0.3 is 10.6 Å². The fourth-order valence-corrected chi connectivity index (χ4v) is 3.57. The smallest absolute Gasteiger partial charge is 0.0426 e. The minimum Gasteiger partial charge on any atom is -0.369 e. The second-order valence-electron chi connectivity index (χ2n) is 5.53. The average Bonchev–Trinajstić information content (AvgIpc) is 2.52. The largest absolute Gasteiger partial charge is 0.369 e. The maximum absolute atomic E-state index is 6.08. The second-order valence-corrected chi connectivity index (χ2v) is 6.95. The minimum absolute atomic E-state index is 0.540. The van der Waals surface area contributed by atoms with Crippen LogP contribution in [0.3, 0.4) is 0 Å². The van der Waals surface area contributed by atoms with Crippen molar-refractivity contribution in [1.82, 2.24) is 4.90 Å². The Bertz CT molecular complexity index is 422. The van der Waals surface area contributed by atoms with Crippen LogP contribution < -0.4 is 10.6 Å². The molecular formula is C16H26ClN3S. The van der Waals surface area contributed by atoms with Crippen LogP contribution in [0, 0.1) is 0 Å². The second kappa shape index (κ2) is 8.89. The zero-order valence-corrected chi connectivity index (χ0v) is 14.4. The zero-order chi connectivity index (χ0) is 15.1. The van der Waals surface area contributed by atoms with Crippen molar-refractivity contribution < 1.29 is 0 Å². The van der Waals surface area contributed by atoms with Crippen molar-refractivity contribution in [3.8, 4) is 0 Å². The highest BCUT2D eigenvalue weighted by Gasteiger charge is 2.22. The number of nitrogens with two attached hydrogens (primary N) is 1. The van der Waals surface area contributed by atoms with Crippen molar-refractivity contribution in [1.29, 1.82) is 0 Å². The third-order valence-electron chi connectivity index (χ3n) is 4.16. The molecule has 0 aromatic heterocycles. The molecule has 0 spiro atoms. The first-order chi connectivity index (χ1) is 10.2. The van der Waals surface area contributed by atoms with Crippen LogP contribution in [-0.2, 0) is 0 Å². The van der Waals surface area contributed by atoms with Crippen LogP contribution in [0.4, 0.5) is 5.69 Å². The van der Waals surface area contributed by atoms with E-state index in [1.165, 1.54) is 24.3 Å². The minimum atomic E-state index is 0.540. The van der Waals surface area contributed by atoms with Gasteiger partial charge in [0.15, 0.2) is 0 Å². The van der Waals surface area contributed by atoms with E-state index < -0.39 is 0 Å². The summed E-state index contributed by atoms with van der Waals surface area (Å²) < 4.78 is 0. The van der Waals surface area contributed by atoms with Crippen LogP contribution >= 0.6 is 23.4 Å². The number of piperazine rings is 1. The molecule has 1 atom stereocenters. The lowest BCUT2D eigenvalue weighted by atomic mass is 10.1. The number of benzene rings is 1. The molecule has 0 amide bonds. The molecular weight excluding hydrogens is 302 g/mol. The van der Waals surface area contributed by atoms with E-state index in [4.69, 9.17) is 17.3 Å². The third kappa shape index (κ3) is 5.06. The quantitative estimate of drug-likeness (QED) is 0.780. The Morgan fingerprint density at radius 1 is 1.29 bits per heavy atom. The van der Waals surface area contributed by atoms with Gasteiger partial charge in [0, 0.05) is 49.5 Å². The van der Waals surface area contributed by atoms with Gasteiger partial charge in [-0.1, -0.05) is 17.7 Å². The third-order valence-corrected chi connectivity index (χ3v) is 5.09. The van der Waals surface area contributed by atoms with Crippen LogP contribution in [0.25, 0.3) is 0 Å². The molecule has 1 aliphatic heterocycles. The number of halogens is 1. The molecule has 1 fully saturated rings. The summed E-state index contributed by atoms with van der Waals surface area (Å²) >= 11 is 8.00. The first kappa shape index (κ1) is 16.9. The summed E-state index contributed by atoms with van der Waals surface area (Å²) in [6, 6.07) is 8.68. The summed E-state index contributed by atoms with van der Waals surface area (Å²) in [5.74, 6) is 1.24. The molecule has 0 aliphatic carbocycles. The lowest BCUT2D eigenvalue weighted by Crippen LogP contribution is -2.52. The standard InChI is InChI=1S/C16H26ClN3S/c1-21-11-3-6-16(13-18)20-9-7-19(8-10-20)15-5-2-4-14(17)12-15/h2,4-5,12,16H,3,6-11,13,18H2,1H3. The zero-order valence-electron chi connectivity index (χ0n) is 12.8. The first-order valence-corrected chi connectivity index (χ1v) is 9.45. The maximum Gasteiger partial charge on any atom is 0.0426 e. The van der Waals surface area contributed by atoms with Crippen LogP contribution in [0.2, 0.25) is 5.02 Å². The number of thioether (sulfide) groups is 1. The molecule has 1 aliphatic rings. The van der Waals surface area contributed by atoms with E-state index in [2.05, 4.69) is 28.2 Å². The fourth-order valence-electron chi connectivity index (χ4n) is 2.93. The normalized spacial score (nSPS) is 18.0. The number of anilines is 1. The van der Waals surface area contributed by atoms with E-state index in [1.807, 2.05) is 23.9 Å². The van der Waals surface area contributed by atoms with E-state index in [-0.39, 0.29) is 0 Å². The van der Waals surface area contributed by atoms with Crippen molar-refractivity contribution in [2.75, 3.05) is 49.6 Å². The molecule has 3 nitrogen and oxygen atoms in total. The van der Waals surface area contributed by atoms with Gasteiger partial charge in [0.05, 0.1) is 0 Å². The maximum atomic E-state index is 6.08. The molecule has 0 radical (unpaired) electrons. The van der Waals surface area contributed by atoms with E-state index >= 15 is 0 Å². The highest BCUT2D eigenvalue weighted by molar-refractivity contribution is 7.98. The SMILES string of the molecule is CSCCCC(CN)N1CCN(c2cccc(Cl)c2)CC1. The van der Waals surface area contributed by atoms with Crippen LogP contribution in [0.1, 0.15) is 12.8 Å². The van der Waals surface area contributed by atoms with Gasteiger partial charge in [0.2, 0.25) is 0 Å². The van der Waals surface area contributed by atoms with E-state index in [1.54, 1.807) is 0 Å². The number of hydrogen-bond acceptors (Lipinski definition) is 4. The molecule has 1 saturated heterocycles. The summed E-state index contributed by atoms with van der Waals surface area (Å²) in [5.41, 5.74) is 7.20. The Hall–Kier alpha value is -0.420. The van der Waals surface area contributed by atoms with Gasteiger partial charge >= 0.3 is 0 Å². The van der Waals surface area contributed by atoms with Gasteiger partial charge in [-0.25, -0.2) is 0 Å². The van der Waals surface area contributed by atoms with Gasteiger partial charge in [-0.2, -0.15) is 11.8 Å². The van der Waals surface area contributed by atoms with Crippen LogP contribution in [0.15, 0.2) is 24.3 Å². The summed E-state index contributed by atoms with van der Waals surface area (Å²) in [5, 5.41) is 0.812. The number of nitrogens with zero attached hydrogens (tertiary/aromatic N) is 2. The molecule has 1 aromatic rings. The van der Waals surface area contributed by atoms with Gasteiger partial charge in [-0.3, -0.25) is 4.90 Å².